The molecule has 5 rings (SSSR count). The van der Waals surface area contributed by atoms with E-state index in [9.17, 15) is 20.1 Å². The zero-order chi connectivity index (χ0) is 24.3. The van der Waals surface area contributed by atoms with Gasteiger partial charge in [0.1, 0.15) is 11.5 Å². The Hall–Kier alpha value is -2.47. The highest BCUT2D eigenvalue weighted by Crippen LogP contribution is 2.79. The highest BCUT2D eigenvalue weighted by molar-refractivity contribution is 5.90. The van der Waals surface area contributed by atoms with Gasteiger partial charge in [-0.05, 0) is 59.9 Å². The first kappa shape index (κ1) is 23.3. The molecule has 2 bridgehead atoms. The van der Waals surface area contributed by atoms with Crippen molar-refractivity contribution in [3.63, 3.8) is 0 Å². The van der Waals surface area contributed by atoms with Gasteiger partial charge in [-0.25, -0.2) is 0 Å². The Labute approximate surface area is 201 Å². The van der Waals surface area contributed by atoms with Crippen molar-refractivity contribution in [1.29, 1.82) is 0 Å². The van der Waals surface area contributed by atoms with Gasteiger partial charge in [0.25, 0.3) is 0 Å². The van der Waals surface area contributed by atoms with E-state index in [0.29, 0.717) is 6.42 Å². The molecule has 6 atom stereocenters. The van der Waals surface area contributed by atoms with E-state index in [1.54, 1.807) is 12.1 Å². The molecule has 0 heterocycles. The molecule has 0 unspecified atom stereocenters. The zero-order valence-electron chi connectivity index (χ0n) is 20.0. The number of ether oxygens (including phenoxy) is 1. The van der Waals surface area contributed by atoms with E-state index in [0.717, 1.165) is 41.5 Å². The van der Waals surface area contributed by atoms with Crippen LogP contribution in [0.5, 0.6) is 5.75 Å². The fourth-order valence-electron chi connectivity index (χ4n) is 8.00. The maximum atomic E-state index is 14.2. The van der Waals surface area contributed by atoms with Crippen LogP contribution in [0.4, 0.5) is 0 Å². The number of carbonyl (C=O) groups is 1. The predicted octanol–water partition coefficient (Wildman–Crippen LogP) is 4.50. The number of aryl methyl sites for hydroxylation is 1. The highest BCUT2D eigenvalue weighted by Gasteiger charge is 2.84. The molecule has 5 nitrogen and oxygen atoms in total. The summed E-state index contributed by atoms with van der Waals surface area (Å²) in [5.74, 6) is -2.20. The van der Waals surface area contributed by atoms with Crippen LogP contribution < -0.4 is 0 Å². The van der Waals surface area contributed by atoms with Crippen molar-refractivity contribution in [2.24, 2.45) is 28.6 Å². The Bertz CT molecular complexity index is 1140. The summed E-state index contributed by atoms with van der Waals surface area (Å²) in [4.78, 5) is 14.2. The summed E-state index contributed by atoms with van der Waals surface area (Å²) in [7, 11) is 1.48. The topological polar surface area (TPSA) is 87.0 Å². The molecule has 3 N–H and O–H groups in total. The molecule has 0 spiro atoms. The third kappa shape index (κ3) is 2.81. The Morgan fingerprint density at radius 2 is 1.88 bits per heavy atom. The SMILES string of the molecule is C=C1[C@H]2[C@H](CO)[C@H]3CCC[C@]1(C)[C@@]3(C(=O)CCc1cccc(-c3cccc(O)c3)c1)[C@@]2(O)OC. The van der Waals surface area contributed by atoms with Gasteiger partial charge in [-0.2, -0.15) is 0 Å². The van der Waals surface area contributed by atoms with Crippen molar-refractivity contribution in [3.05, 3.63) is 66.2 Å². The van der Waals surface area contributed by atoms with E-state index in [-0.39, 0.29) is 36.4 Å². The van der Waals surface area contributed by atoms with Gasteiger partial charge < -0.3 is 20.1 Å². The minimum Gasteiger partial charge on any atom is -0.508 e. The monoisotopic (exact) mass is 462 g/mol. The van der Waals surface area contributed by atoms with Crippen molar-refractivity contribution in [2.45, 2.75) is 44.8 Å². The normalized spacial score (nSPS) is 36.1. The van der Waals surface area contributed by atoms with E-state index in [1.807, 2.05) is 36.4 Å². The van der Waals surface area contributed by atoms with Crippen LogP contribution in [0.25, 0.3) is 11.1 Å². The maximum absolute atomic E-state index is 14.2. The molecular weight excluding hydrogens is 428 g/mol. The molecule has 2 aromatic rings. The molecule has 0 aliphatic heterocycles. The summed E-state index contributed by atoms with van der Waals surface area (Å²) in [6, 6.07) is 15.1. The molecule has 3 aliphatic carbocycles. The maximum Gasteiger partial charge on any atom is 0.185 e. The smallest absolute Gasteiger partial charge is 0.185 e. The molecule has 0 radical (unpaired) electrons. The molecule has 3 saturated carbocycles. The van der Waals surface area contributed by atoms with Gasteiger partial charge in [-0.3, -0.25) is 4.79 Å². The number of Topliss-reactive ketones (excluding diaryl/α,β-unsaturated/α-hetero) is 1. The third-order valence-electron chi connectivity index (χ3n) is 9.34. The summed E-state index contributed by atoms with van der Waals surface area (Å²) in [6.45, 7) is 6.33. The van der Waals surface area contributed by atoms with Crippen LogP contribution in [0.1, 0.15) is 38.2 Å². The van der Waals surface area contributed by atoms with E-state index in [2.05, 4.69) is 13.5 Å². The van der Waals surface area contributed by atoms with Gasteiger partial charge >= 0.3 is 0 Å². The Balaban J connectivity index is 1.47. The molecule has 3 fully saturated rings. The van der Waals surface area contributed by atoms with E-state index in [4.69, 9.17) is 4.74 Å². The van der Waals surface area contributed by atoms with Gasteiger partial charge in [-0.15, -0.1) is 0 Å². The van der Waals surface area contributed by atoms with Crippen LogP contribution in [-0.2, 0) is 16.0 Å². The largest absolute Gasteiger partial charge is 0.508 e. The number of aromatic hydroxyl groups is 1. The van der Waals surface area contributed by atoms with Crippen molar-refractivity contribution < 1.29 is 24.9 Å². The lowest BCUT2D eigenvalue weighted by molar-refractivity contribution is -0.265. The third-order valence-corrected chi connectivity index (χ3v) is 9.34. The number of hydrogen-bond acceptors (Lipinski definition) is 5. The number of ketones is 1. The minimum atomic E-state index is -1.64. The average molecular weight is 463 g/mol. The zero-order valence-corrected chi connectivity index (χ0v) is 20.0. The van der Waals surface area contributed by atoms with Gasteiger partial charge in [0.15, 0.2) is 5.79 Å². The van der Waals surface area contributed by atoms with Gasteiger partial charge in [0, 0.05) is 31.5 Å². The average Bonchev–Trinajstić information content (AvgIpc) is 3.17. The van der Waals surface area contributed by atoms with Crippen molar-refractivity contribution in [2.75, 3.05) is 13.7 Å². The van der Waals surface area contributed by atoms with Gasteiger partial charge in [-0.1, -0.05) is 61.9 Å². The van der Waals surface area contributed by atoms with Crippen molar-refractivity contribution in [1.82, 2.24) is 0 Å². The van der Waals surface area contributed by atoms with Crippen LogP contribution in [0.2, 0.25) is 0 Å². The Kier molecular flexibility index (Phi) is 5.51. The number of phenols is 1. The summed E-state index contributed by atoms with van der Waals surface area (Å²) in [5.41, 5.74) is 2.13. The second-order valence-electron chi connectivity index (χ2n) is 10.6. The molecule has 5 heteroatoms. The second kappa shape index (κ2) is 8.04. The molecular formula is C29H34O5. The quantitative estimate of drug-likeness (QED) is 0.417. The van der Waals surface area contributed by atoms with Crippen LogP contribution in [0.3, 0.4) is 0 Å². The number of phenolic OH excluding ortho intramolecular Hbond substituents is 1. The fourth-order valence-corrected chi connectivity index (χ4v) is 8.00. The lowest BCUT2D eigenvalue weighted by Gasteiger charge is -2.55. The van der Waals surface area contributed by atoms with Crippen LogP contribution in [0, 0.1) is 28.6 Å². The lowest BCUT2D eigenvalue weighted by Crippen LogP contribution is -2.61. The number of aliphatic hydroxyl groups is 2. The lowest BCUT2D eigenvalue weighted by atomic mass is 9.47. The van der Waals surface area contributed by atoms with Crippen LogP contribution in [-0.4, -0.2) is 40.6 Å². The number of methoxy groups -OCH3 is 1. The molecule has 2 aromatic carbocycles. The minimum absolute atomic E-state index is 0.00593. The number of rotatable bonds is 7. The second-order valence-corrected chi connectivity index (χ2v) is 10.6. The Morgan fingerprint density at radius 3 is 2.56 bits per heavy atom. The van der Waals surface area contributed by atoms with Crippen LogP contribution >= 0.6 is 0 Å². The molecule has 0 saturated heterocycles. The Morgan fingerprint density at radius 1 is 1.18 bits per heavy atom. The fraction of sp³-hybridized carbons (Fsp3) is 0.483. The van der Waals surface area contributed by atoms with Gasteiger partial charge in [0.05, 0.1) is 5.41 Å². The van der Waals surface area contributed by atoms with Crippen LogP contribution in [0.15, 0.2) is 60.7 Å². The summed E-state index contributed by atoms with van der Waals surface area (Å²) in [6.07, 6.45) is 3.36. The predicted molar refractivity (Wildman–Crippen MR) is 130 cm³/mol. The van der Waals surface area contributed by atoms with Crippen molar-refractivity contribution in [3.8, 4) is 16.9 Å². The molecule has 3 aliphatic rings. The molecule has 34 heavy (non-hydrogen) atoms. The number of fused-ring (bicyclic) bond motifs is 1. The van der Waals surface area contributed by atoms with Gasteiger partial charge in [0.2, 0.25) is 0 Å². The first-order chi connectivity index (χ1) is 16.2. The molecule has 0 aromatic heterocycles. The first-order valence-electron chi connectivity index (χ1n) is 12.2. The summed E-state index contributed by atoms with van der Waals surface area (Å²) < 4.78 is 5.79. The number of benzene rings is 2. The molecule has 180 valence electrons. The first-order valence-corrected chi connectivity index (χ1v) is 12.2. The van der Waals surface area contributed by atoms with E-state index >= 15 is 0 Å². The highest BCUT2D eigenvalue weighted by atomic mass is 16.6. The van der Waals surface area contributed by atoms with Crippen molar-refractivity contribution >= 4 is 5.78 Å². The number of hydrogen-bond donors (Lipinski definition) is 3. The summed E-state index contributed by atoms with van der Waals surface area (Å²) in [5, 5.41) is 32.0. The van der Waals surface area contributed by atoms with E-state index < -0.39 is 22.5 Å². The van der Waals surface area contributed by atoms with E-state index in [1.165, 1.54) is 7.11 Å². The standard InChI is InChI=1S/C29H34O5/c1-18-26-23(17-30)24-11-6-14-27(18,2)28(24,29(26,33)34-3)25(32)13-12-19-7-4-8-20(15-19)21-9-5-10-22(31)16-21/h4-5,7-10,15-16,23-24,26,30-31,33H,1,6,11-14,17H2,2-3H3/t23-,24-,26+,27+,28-,29+/m1/s1. The number of carbonyl (C=O) groups excluding carboxylic acids is 1. The molecule has 0 amide bonds. The summed E-state index contributed by atoms with van der Waals surface area (Å²) >= 11 is 0. The number of aliphatic hydroxyl groups excluding tert-OH is 1.